The van der Waals surface area contributed by atoms with Gasteiger partial charge in [-0.2, -0.15) is 0 Å². The van der Waals surface area contributed by atoms with E-state index >= 15 is 0 Å². The van der Waals surface area contributed by atoms with Crippen LogP contribution in [0.4, 0.5) is 0 Å². The molecule has 7 heteroatoms. The fourth-order valence-electron chi connectivity index (χ4n) is 1.32. The van der Waals surface area contributed by atoms with Gasteiger partial charge < -0.3 is 4.74 Å². The van der Waals surface area contributed by atoms with Crippen LogP contribution in [-0.2, 0) is 0 Å². The molecule has 1 nitrogen and oxygen atoms in total. The number of ether oxygens (including phenoxy) is 1. The largest absolute Gasteiger partial charge is 0.454 e. The van der Waals surface area contributed by atoms with E-state index in [0.29, 0.717) is 0 Å². The number of hydrogen-bond acceptors (Lipinski definition) is 1. The Morgan fingerprint density at radius 1 is 0.579 bits per heavy atom. The van der Waals surface area contributed by atoms with Gasteiger partial charge in [-0.1, -0.05) is 15.9 Å². The van der Waals surface area contributed by atoms with Gasteiger partial charge >= 0.3 is 0 Å². The van der Waals surface area contributed by atoms with E-state index in [-0.39, 0.29) is 0 Å². The van der Waals surface area contributed by atoms with E-state index in [2.05, 4.69) is 95.6 Å². The number of benzene rings is 2. The molecule has 2 aromatic rings. The molecule has 19 heavy (non-hydrogen) atoms. The van der Waals surface area contributed by atoms with E-state index in [1.165, 1.54) is 0 Å². The second-order valence-electron chi connectivity index (χ2n) is 3.50. The molecule has 0 fully saturated rings. The molecule has 0 aliphatic heterocycles. The summed E-state index contributed by atoms with van der Waals surface area (Å²) in [4.78, 5) is 0. The second kappa shape index (κ2) is 6.92. The Hall–Kier alpha value is 1.12. The summed E-state index contributed by atoms with van der Waals surface area (Å²) < 4.78 is 11.4. The van der Waals surface area contributed by atoms with Crippen LogP contribution in [0.25, 0.3) is 0 Å². The summed E-state index contributed by atoms with van der Waals surface area (Å²) >= 11 is 20.8. The minimum absolute atomic E-state index is 0.720. The molecule has 0 aromatic heterocycles. The van der Waals surface area contributed by atoms with E-state index in [0.717, 1.165) is 38.3 Å². The molecule has 0 aliphatic carbocycles. The van der Waals surface area contributed by atoms with Crippen molar-refractivity contribution >= 4 is 95.6 Å². The summed E-state index contributed by atoms with van der Waals surface area (Å²) in [5.41, 5.74) is 0. The lowest BCUT2D eigenvalue weighted by molar-refractivity contribution is 0.473. The Bertz CT molecular complexity index is 617. The molecule has 0 saturated carbocycles. The van der Waals surface area contributed by atoms with Crippen molar-refractivity contribution in [1.82, 2.24) is 0 Å². The first-order chi connectivity index (χ1) is 8.88. The summed E-state index contributed by atoms with van der Waals surface area (Å²) in [7, 11) is 0. The van der Waals surface area contributed by atoms with Crippen molar-refractivity contribution in [2.24, 2.45) is 0 Å². The van der Waals surface area contributed by atoms with E-state index in [1.54, 1.807) is 0 Å². The maximum atomic E-state index is 5.95. The van der Waals surface area contributed by atoms with Crippen molar-refractivity contribution < 1.29 is 4.74 Å². The third-order valence-corrected chi connectivity index (χ3v) is 6.25. The highest BCUT2D eigenvalue weighted by Gasteiger charge is 2.13. The van der Waals surface area contributed by atoms with Crippen molar-refractivity contribution in [2.45, 2.75) is 0 Å². The maximum absolute atomic E-state index is 5.95. The third-order valence-electron chi connectivity index (χ3n) is 2.15. The fourth-order valence-corrected chi connectivity index (χ4v) is 5.14. The van der Waals surface area contributed by atoms with Gasteiger partial charge in [-0.3, -0.25) is 0 Å². The topological polar surface area (TPSA) is 9.23 Å². The highest BCUT2D eigenvalue weighted by molar-refractivity contribution is 9.13. The Kier molecular flexibility index (Phi) is 6.01. The third kappa shape index (κ3) is 4.07. The monoisotopic (exact) mass is 650 g/mol. The summed E-state index contributed by atoms with van der Waals surface area (Å²) in [6, 6.07) is 7.69. The van der Waals surface area contributed by atoms with E-state index in [4.69, 9.17) is 4.74 Å². The molecule has 0 atom stereocenters. The molecule has 0 spiro atoms. The molecule has 2 rings (SSSR count). The van der Waals surface area contributed by atoms with Crippen LogP contribution in [0.15, 0.2) is 51.1 Å². The fraction of sp³-hybridized carbons (Fsp3) is 0. The van der Waals surface area contributed by atoms with Crippen LogP contribution in [-0.4, -0.2) is 0 Å². The van der Waals surface area contributed by atoms with Gasteiger partial charge in [0, 0.05) is 13.4 Å². The van der Waals surface area contributed by atoms with Crippen molar-refractivity contribution in [3.63, 3.8) is 0 Å². The molecular formula is C12H4Br6O. The first-order valence-electron chi connectivity index (χ1n) is 4.85. The standard InChI is InChI=1S/C12H4Br6O/c13-5-1-9(17)12(10(18)2-5)19-11-4-7(15)6(14)3-8(11)16/h1-4H/i1+1,2+1,3+1,4+1,5+1,6+1,7+1,8+1,9+1,10+1,11+1,12+1. The van der Waals surface area contributed by atoms with Crippen molar-refractivity contribution in [3.05, 3.63) is 51.1 Å². The number of hydrogen-bond donors (Lipinski definition) is 0. The normalized spacial score (nSPS) is 10.6. The summed E-state index contributed by atoms with van der Waals surface area (Å²) in [6.45, 7) is 0. The molecule has 2 aromatic carbocycles. The van der Waals surface area contributed by atoms with Gasteiger partial charge in [0.2, 0.25) is 0 Å². The van der Waals surface area contributed by atoms with E-state index in [9.17, 15) is 0 Å². The van der Waals surface area contributed by atoms with Gasteiger partial charge in [0.1, 0.15) is 5.75 Å². The lowest BCUT2D eigenvalue weighted by Crippen LogP contribution is -1.89. The predicted molar refractivity (Wildman–Crippen MR) is 99.2 cm³/mol. The second-order valence-corrected chi connectivity index (χ2v) is 8.68. The first-order valence-corrected chi connectivity index (χ1v) is 9.61. The smallest absolute Gasteiger partial charge is 0.155 e. The first kappa shape index (κ1) is 16.5. The Labute approximate surface area is 161 Å². The van der Waals surface area contributed by atoms with Crippen molar-refractivity contribution in [1.29, 1.82) is 0 Å². The molecule has 0 N–H and O–H groups in total. The van der Waals surface area contributed by atoms with E-state index in [1.807, 2.05) is 24.3 Å². The van der Waals surface area contributed by atoms with Crippen LogP contribution in [0.5, 0.6) is 11.5 Å². The zero-order chi connectivity index (χ0) is 14.2. The molecule has 0 aliphatic rings. The highest BCUT2D eigenvalue weighted by Crippen LogP contribution is 2.42. The lowest BCUT2D eigenvalue weighted by Gasteiger charge is -2.13. The minimum Gasteiger partial charge on any atom is -0.454 e. The van der Waals surface area contributed by atoms with Crippen molar-refractivity contribution in [2.75, 3.05) is 0 Å². The molecular weight excluding hydrogens is 651 g/mol. The zero-order valence-electron chi connectivity index (χ0n) is 8.99. The Morgan fingerprint density at radius 3 is 1.68 bits per heavy atom. The van der Waals surface area contributed by atoms with Crippen LogP contribution < -0.4 is 4.74 Å². The van der Waals surface area contributed by atoms with E-state index < -0.39 is 0 Å². The van der Waals surface area contributed by atoms with Gasteiger partial charge in [0.15, 0.2) is 5.75 Å². The average Bonchev–Trinajstić information content (AvgIpc) is 2.29. The van der Waals surface area contributed by atoms with Gasteiger partial charge in [-0.25, -0.2) is 0 Å². The predicted octanol–water partition coefficient (Wildman–Crippen LogP) is 8.05. The minimum atomic E-state index is 0.720. The SMILES string of the molecule is Br[13c]1[13cH][13c](Br)[13c](O[13c]2[13cH][13c](Br)[13c](Br)[13cH][13c]2Br)[13c](Br)[13cH]1. The van der Waals surface area contributed by atoms with Gasteiger partial charge in [0.25, 0.3) is 0 Å². The Balaban J connectivity index is 2.45. The van der Waals surface area contributed by atoms with Crippen LogP contribution in [0, 0.1) is 0 Å². The van der Waals surface area contributed by atoms with Crippen LogP contribution >= 0.6 is 95.6 Å². The molecule has 0 unspecified atom stereocenters. The van der Waals surface area contributed by atoms with Crippen LogP contribution in [0.1, 0.15) is 0 Å². The lowest BCUT2D eigenvalue weighted by atomic mass is 11.3. The number of halogens is 6. The highest BCUT2D eigenvalue weighted by atomic mass is 79.9. The average molecular weight is 655 g/mol. The van der Waals surface area contributed by atoms with Gasteiger partial charge in [0.05, 0.1) is 13.4 Å². The molecule has 0 radical (unpaired) electrons. The number of rotatable bonds is 2. The molecule has 0 amide bonds. The molecule has 100 valence electrons. The van der Waals surface area contributed by atoms with Crippen molar-refractivity contribution in [3.8, 4) is 11.5 Å². The zero-order valence-corrected chi connectivity index (χ0v) is 18.5. The van der Waals surface area contributed by atoms with Gasteiger partial charge in [-0.15, -0.1) is 0 Å². The van der Waals surface area contributed by atoms with Gasteiger partial charge in [-0.05, 0) is 104 Å². The molecule has 0 saturated heterocycles. The van der Waals surface area contributed by atoms with Crippen LogP contribution in [0.3, 0.4) is 0 Å². The summed E-state index contributed by atoms with van der Waals surface area (Å²) in [6.07, 6.45) is 0. The molecule has 0 heterocycles. The maximum Gasteiger partial charge on any atom is 0.155 e. The Morgan fingerprint density at radius 2 is 1.11 bits per heavy atom. The quantitative estimate of drug-likeness (QED) is 0.298. The molecule has 0 bridgehead atoms. The summed E-state index contributed by atoms with van der Waals surface area (Å²) in [5.74, 6) is 1.44. The van der Waals surface area contributed by atoms with Crippen LogP contribution in [0.2, 0.25) is 0 Å². The summed E-state index contributed by atoms with van der Waals surface area (Å²) in [5, 5.41) is 0.